The molecule has 1 unspecified atom stereocenters. The average molecular weight is 594 g/mol. The van der Waals surface area contributed by atoms with E-state index in [1.54, 1.807) is 0 Å². The highest BCUT2D eigenvalue weighted by Crippen LogP contribution is 3.02. The number of halogens is 6. The number of alkyl halides is 1. The third kappa shape index (κ3) is 6.26. The third-order valence-corrected chi connectivity index (χ3v) is 7.78. The predicted molar refractivity (Wildman–Crippen MR) is 131 cm³/mol. The molecule has 2 aliphatic rings. The summed E-state index contributed by atoms with van der Waals surface area (Å²) >= 11 is 0. The van der Waals surface area contributed by atoms with E-state index in [1.807, 2.05) is 6.19 Å². The number of nitriles is 1. The van der Waals surface area contributed by atoms with Crippen molar-refractivity contribution in [3.8, 4) is 6.19 Å². The molecule has 1 N–H and O–H groups in total. The van der Waals surface area contributed by atoms with Crippen LogP contribution in [0.15, 0.2) is 53.7 Å². The standard InChI is InChI=1S/C24H25F6N5O4S/c1-38-18-9-20(34(11-18)15-31)23(37)35(17-4-6-19(7-5-17)40(26,27,28,29)30)21(16-3-2-8-32-10-16)22(36)33-12-24(25)13-39-14-24/h2-8,10,18,20-21H,9,11-14H2,1H3,(H,33,36)/t18-,20-,21?/m1/s1. The first-order chi connectivity index (χ1) is 18.5. The van der Waals surface area contributed by atoms with Crippen molar-refractivity contribution in [3.63, 3.8) is 0 Å². The second kappa shape index (κ2) is 9.82. The van der Waals surface area contributed by atoms with E-state index in [4.69, 9.17) is 9.47 Å². The first-order valence-corrected chi connectivity index (χ1v) is 13.8. The Bertz CT molecular complexity index is 1310. The Labute approximate surface area is 225 Å². The van der Waals surface area contributed by atoms with E-state index in [1.165, 1.54) is 31.6 Å². The number of amides is 2. The number of ether oxygens (including phenoxy) is 2. The van der Waals surface area contributed by atoms with E-state index in [2.05, 4.69) is 10.3 Å². The fraction of sp³-hybridized carbons (Fsp3) is 0.417. The van der Waals surface area contributed by atoms with Gasteiger partial charge in [-0.25, -0.2) is 4.39 Å². The SMILES string of the molecule is CO[C@@H]1C[C@H](C(=O)N(c2ccc(S(F)(F)(F)(F)F)cc2)C(C(=O)NCC2(F)COC2)c2cccnc2)N(C#N)C1. The third-order valence-electron chi connectivity index (χ3n) is 6.61. The molecule has 0 aliphatic carbocycles. The summed E-state index contributed by atoms with van der Waals surface area (Å²) in [5.41, 5.74) is -2.12. The van der Waals surface area contributed by atoms with Crippen LogP contribution in [0, 0.1) is 11.5 Å². The van der Waals surface area contributed by atoms with Crippen molar-refractivity contribution in [1.29, 1.82) is 5.26 Å². The molecular formula is C24H25F6N5O4S. The Morgan fingerprint density at radius 2 is 1.93 bits per heavy atom. The zero-order valence-electron chi connectivity index (χ0n) is 21.0. The van der Waals surface area contributed by atoms with Gasteiger partial charge < -0.3 is 14.8 Å². The highest BCUT2D eigenvalue weighted by atomic mass is 32.5. The summed E-state index contributed by atoms with van der Waals surface area (Å²) < 4.78 is 91.8. The van der Waals surface area contributed by atoms with Crippen molar-refractivity contribution < 1.29 is 42.9 Å². The van der Waals surface area contributed by atoms with E-state index in [9.17, 15) is 38.7 Å². The minimum Gasteiger partial charge on any atom is -0.379 e. The van der Waals surface area contributed by atoms with Crippen molar-refractivity contribution in [2.45, 2.75) is 35.2 Å². The minimum atomic E-state index is -10.1. The van der Waals surface area contributed by atoms with Gasteiger partial charge in [0.1, 0.15) is 17.0 Å². The summed E-state index contributed by atoms with van der Waals surface area (Å²) in [7, 11) is -8.69. The number of hydrogen-bond donors (Lipinski definition) is 1. The minimum absolute atomic E-state index is 0.00471. The van der Waals surface area contributed by atoms with Gasteiger partial charge in [-0.05, 0) is 30.3 Å². The number of pyridine rings is 1. The molecule has 2 aliphatic heterocycles. The molecule has 0 radical (unpaired) electrons. The molecule has 4 rings (SSSR count). The number of carbonyl (C=O) groups excluding carboxylic acids is 2. The molecule has 0 bridgehead atoms. The Morgan fingerprint density at radius 3 is 2.42 bits per heavy atom. The summed E-state index contributed by atoms with van der Waals surface area (Å²) in [4.78, 5) is 31.2. The van der Waals surface area contributed by atoms with E-state index < -0.39 is 57.3 Å². The lowest BCUT2D eigenvalue weighted by molar-refractivity contribution is -0.138. The number of rotatable bonds is 9. The van der Waals surface area contributed by atoms with Crippen molar-refractivity contribution in [2.75, 3.05) is 38.3 Å². The normalized spacial score (nSPS) is 22.7. The van der Waals surface area contributed by atoms with E-state index in [-0.39, 0.29) is 49.6 Å². The van der Waals surface area contributed by atoms with Gasteiger partial charge in [0, 0.05) is 37.2 Å². The number of nitrogens with one attached hydrogen (secondary N) is 1. The molecule has 1 aromatic carbocycles. The van der Waals surface area contributed by atoms with Crippen molar-refractivity contribution in [2.24, 2.45) is 0 Å². The maximum atomic E-state index is 14.6. The van der Waals surface area contributed by atoms with Crippen molar-refractivity contribution in [1.82, 2.24) is 15.2 Å². The van der Waals surface area contributed by atoms with Gasteiger partial charge in [0.2, 0.25) is 5.91 Å². The number of benzene rings is 1. The maximum Gasteiger partial charge on any atom is 0.310 e. The van der Waals surface area contributed by atoms with Crippen LogP contribution in [0.4, 0.5) is 29.5 Å². The van der Waals surface area contributed by atoms with Crippen LogP contribution in [0.5, 0.6) is 0 Å². The molecule has 9 nitrogen and oxygen atoms in total. The monoisotopic (exact) mass is 593 g/mol. The van der Waals surface area contributed by atoms with Gasteiger partial charge in [0.05, 0.1) is 32.4 Å². The number of hydrogen-bond acceptors (Lipinski definition) is 7. The molecule has 3 heterocycles. The molecule has 1 aromatic heterocycles. The van der Waals surface area contributed by atoms with Gasteiger partial charge in [-0.2, -0.15) is 5.26 Å². The van der Waals surface area contributed by atoms with Gasteiger partial charge in [-0.1, -0.05) is 25.5 Å². The fourth-order valence-corrected chi connectivity index (χ4v) is 5.11. The summed E-state index contributed by atoms with van der Waals surface area (Å²) in [5.74, 6) is -1.82. The molecular weight excluding hydrogens is 568 g/mol. The molecule has 2 saturated heterocycles. The number of anilines is 1. The van der Waals surface area contributed by atoms with Crippen LogP contribution in [-0.2, 0) is 19.1 Å². The zero-order valence-corrected chi connectivity index (χ0v) is 21.8. The van der Waals surface area contributed by atoms with Crippen LogP contribution in [-0.4, -0.2) is 72.9 Å². The molecule has 2 fully saturated rings. The average Bonchev–Trinajstić information content (AvgIpc) is 3.32. The second-order valence-electron chi connectivity index (χ2n) is 9.58. The Morgan fingerprint density at radius 1 is 1.25 bits per heavy atom. The topological polar surface area (TPSA) is 108 Å². The van der Waals surface area contributed by atoms with Crippen LogP contribution >= 0.6 is 10.2 Å². The lowest BCUT2D eigenvalue weighted by Gasteiger charge is -2.41. The van der Waals surface area contributed by atoms with Gasteiger partial charge in [-0.3, -0.25) is 24.4 Å². The first kappa shape index (κ1) is 29.4. The molecule has 218 valence electrons. The largest absolute Gasteiger partial charge is 0.379 e. The fourth-order valence-electron chi connectivity index (χ4n) is 4.46. The van der Waals surface area contributed by atoms with Crippen LogP contribution in [0.2, 0.25) is 0 Å². The quantitative estimate of drug-likeness (QED) is 0.343. The van der Waals surface area contributed by atoms with Crippen LogP contribution in [0.3, 0.4) is 0 Å². The van der Waals surface area contributed by atoms with E-state index in [0.29, 0.717) is 12.1 Å². The maximum absolute atomic E-state index is 14.6. The van der Waals surface area contributed by atoms with Gasteiger partial charge in [0.15, 0.2) is 11.9 Å². The molecule has 40 heavy (non-hydrogen) atoms. The number of aromatic nitrogens is 1. The summed E-state index contributed by atoms with van der Waals surface area (Å²) in [6.45, 7) is -1.02. The highest BCUT2D eigenvalue weighted by Gasteiger charge is 2.65. The van der Waals surface area contributed by atoms with Gasteiger partial charge in [-0.15, -0.1) is 0 Å². The van der Waals surface area contributed by atoms with Crippen LogP contribution < -0.4 is 10.2 Å². The van der Waals surface area contributed by atoms with E-state index in [0.717, 1.165) is 9.80 Å². The van der Waals surface area contributed by atoms with Gasteiger partial charge >= 0.3 is 10.2 Å². The number of nitrogens with zero attached hydrogens (tertiary/aromatic N) is 4. The predicted octanol–water partition coefficient (Wildman–Crippen LogP) is 4.24. The second-order valence-corrected chi connectivity index (χ2v) is 12.0. The molecule has 16 heteroatoms. The van der Waals surface area contributed by atoms with E-state index >= 15 is 0 Å². The van der Waals surface area contributed by atoms with Crippen molar-refractivity contribution in [3.05, 3.63) is 54.4 Å². The lowest BCUT2D eigenvalue weighted by atomic mass is 10.0. The summed E-state index contributed by atoms with van der Waals surface area (Å²) in [5, 5.41) is 12.0. The van der Waals surface area contributed by atoms with Gasteiger partial charge in [0.25, 0.3) is 5.91 Å². The molecule has 0 saturated carbocycles. The number of methoxy groups -OCH3 is 1. The summed E-state index contributed by atoms with van der Waals surface area (Å²) in [6, 6.07) is 1.52. The number of carbonyl (C=O) groups is 2. The Balaban J connectivity index is 1.81. The Hall–Kier alpha value is -3.55. The highest BCUT2D eigenvalue weighted by molar-refractivity contribution is 8.45. The van der Waals surface area contributed by atoms with Crippen molar-refractivity contribution >= 4 is 27.7 Å². The van der Waals surface area contributed by atoms with Crippen LogP contribution in [0.25, 0.3) is 0 Å². The lowest BCUT2D eigenvalue weighted by Crippen LogP contribution is -2.56. The molecule has 2 aromatic rings. The first-order valence-electron chi connectivity index (χ1n) is 11.9. The molecule has 3 atom stereocenters. The smallest absolute Gasteiger partial charge is 0.310 e. The molecule has 0 spiro atoms. The zero-order chi connectivity index (χ0) is 29.4. The number of likely N-dealkylation sites (tertiary alicyclic amines) is 1. The summed E-state index contributed by atoms with van der Waals surface area (Å²) in [6.07, 6.45) is 3.89. The van der Waals surface area contributed by atoms with Crippen LogP contribution in [0.1, 0.15) is 18.0 Å². The molecule has 2 amide bonds. The Kier molecular flexibility index (Phi) is 7.23.